The maximum absolute atomic E-state index is 14.5. The molecule has 38 heavy (non-hydrogen) atoms. The number of benzene rings is 1. The molecule has 4 aliphatic heterocycles. The van der Waals surface area contributed by atoms with Gasteiger partial charge in [0.1, 0.15) is 6.04 Å². The van der Waals surface area contributed by atoms with Gasteiger partial charge in [-0.1, -0.05) is 74.9 Å². The Bertz CT molecular complexity index is 1110. The van der Waals surface area contributed by atoms with Crippen LogP contribution >= 0.6 is 11.8 Å². The van der Waals surface area contributed by atoms with Crippen molar-refractivity contribution in [3.63, 3.8) is 0 Å². The fraction of sp³-hybridized carbons (Fsp3) is 0.567. The van der Waals surface area contributed by atoms with E-state index in [0.717, 1.165) is 24.8 Å². The summed E-state index contributed by atoms with van der Waals surface area (Å²) in [4.78, 5) is 48.1. The van der Waals surface area contributed by atoms with E-state index >= 15 is 0 Å². The van der Waals surface area contributed by atoms with Gasteiger partial charge in [0.15, 0.2) is 0 Å². The maximum Gasteiger partial charge on any atom is 0.247 e. The summed E-state index contributed by atoms with van der Waals surface area (Å²) in [5.74, 6) is -1.42. The third kappa shape index (κ3) is 4.49. The SMILES string of the molecule is CCCCN1CC=C[C@]23S[C@H]4C=CCN(CCC)C(=O)[C@H]4[C@H]2C(=O)N([C@@H](CO)Cc2ccccc2)C3C1=O. The molecule has 5 rings (SSSR count). The number of rotatable bonds is 9. The van der Waals surface area contributed by atoms with Crippen molar-refractivity contribution in [3.05, 3.63) is 60.2 Å². The van der Waals surface area contributed by atoms with Crippen LogP contribution in [0.3, 0.4) is 0 Å². The van der Waals surface area contributed by atoms with E-state index in [9.17, 15) is 19.5 Å². The van der Waals surface area contributed by atoms with E-state index in [1.54, 1.807) is 16.7 Å². The summed E-state index contributed by atoms with van der Waals surface area (Å²) < 4.78 is -0.843. The second-order valence-corrected chi connectivity index (χ2v) is 12.4. The fourth-order valence-electron chi connectivity index (χ4n) is 6.73. The molecule has 8 heteroatoms. The molecule has 7 nitrogen and oxygen atoms in total. The van der Waals surface area contributed by atoms with Crippen LogP contribution in [-0.4, -0.2) is 92.4 Å². The first-order chi connectivity index (χ1) is 18.5. The van der Waals surface area contributed by atoms with Gasteiger partial charge < -0.3 is 19.8 Å². The standard InChI is InChI=1S/C30H39N3O4S/c1-3-5-16-32-18-10-14-30-25(24-23(38-30)13-9-17-31(15-4-2)27(24)35)28(36)33(26(30)29(32)37)22(20-34)19-21-11-7-6-8-12-21/h6-14,22-26,34H,3-5,15-20H2,1-2H3/t22-,23+,24-,25+,26?,30+/m1/s1. The summed E-state index contributed by atoms with van der Waals surface area (Å²) in [6.07, 6.45) is 11.4. The molecular formula is C30H39N3O4S. The van der Waals surface area contributed by atoms with E-state index in [0.29, 0.717) is 32.6 Å². The van der Waals surface area contributed by atoms with Crippen molar-refractivity contribution in [3.8, 4) is 0 Å². The zero-order chi connectivity index (χ0) is 26.9. The lowest BCUT2D eigenvalue weighted by atomic mass is 9.78. The number of aliphatic hydroxyl groups is 1. The lowest BCUT2D eigenvalue weighted by molar-refractivity contribution is -0.146. The lowest BCUT2D eigenvalue weighted by Crippen LogP contribution is -2.57. The third-order valence-electron chi connectivity index (χ3n) is 8.46. The van der Waals surface area contributed by atoms with Gasteiger partial charge in [-0.25, -0.2) is 0 Å². The summed E-state index contributed by atoms with van der Waals surface area (Å²) in [5.41, 5.74) is 0.998. The molecule has 4 heterocycles. The van der Waals surface area contributed by atoms with Crippen LogP contribution in [-0.2, 0) is 20.8 Å². The Morgan fingerprint density at radius 1 is 0.974 bits per heavy atom. The van der Waals surface area contributed by atoms with E-state index in [-0.39, 0.29) is 29.6 Å². The second kappa shape index (κ2) is 11.3. The number of hydrogen-bond acceptors (Lipinski definition) is 5. The molecule has 1 spiro atoms. The number of fused-ring (bicyclic) bond motifs is 2. The molecule has 0 aromatic heterocycles. The van der Waals surface area contributed by atoms with Gasteiger partial charge >= 0.3 is 0 Å². The molecule has 6 atom stereocenters. The van der Waals surface area contributed by atoms with Crippen LogP contribution in [0.2, 0.25) is 0 Å². The fourth-order valence-corrected chi connectivity index (χ4v) is 8.72. The minimum absolute atomic E-state index is 0.00159. The number of hydrogen-bond donors (Lipinski definition) is 1. The van der Waals surface area contributed by atoms with E-state index in [1.807, 2.05) is 52.3 Å². The second-order valence-electron chi connectivity index (χ2n) is 10.9. The quantitative estimate of drug-likeness (QED) is 0.490. The number of likely N-dealkylation sites (tertiary alicyclic amines) is 1. The first-order valence-corrected chi connectivity index (χ1v) is 14.9. The van der Waals surface area contributed by atoms with Crippen molar-refractivity contribution in [1.29, 1.82) is 0 Å². The monoisotopic (exact) mass is 537 g/mol. The Labute approximate surface area is 229 Å². The molecule has 1 aromatic carbocycles. The number of nitrogens with zero attached hydrogens (tertiary/aromatic N) is 3. The third-order valence-corrected chi connectivity index (χ3v) is 10.2. The molecule has 2 saturated heterocycles. The zero-order valence-electron chi connectivity index (χ0n) is 22.4. The minimum atomic E-state index is -0.843. The topological polar surface area (TPSA) is 81.2 Å². The van der Waals surface area contributed by atoms with Gasteiger partial charge in [0.2, 0.25) is 17.7 Å². The van der Waals surface area contributed by atoms with E-state index in [2.05, 4.69) is 26.0 Å². The van der Waals surface area contributed by atoms with Crippen molar-refractivity contribution in [2.75, 3.05) is 32.8 Å². The van der Waals surface area contributed by atoms with Crippen molar-refractivity contribution in [1.82, 2.24) is 14.7 Å². The van der Waals surface area contributed by atoms with E-state index < -0.39 is 28.7 Å². The van der Waals surface area contributed by atoms with E-state index in [1.165, 1.54) is 0 Å². The van der Waals surface area contributed by atoms with Crippen LogP contribution in [0.1, 0.15) is 38.7 Å². The number of aliphatic hydroxyl groups excluding tert-OH is 1. The molecule has 3 amide bonds. The van der Waals surface area contributed by atoms with Crippen molar-refractivity contribution in [2.45, 2.75) is 61.6 Å². The van der Waals surface area contributed by atoms with Crippen molar-refractivity contribution in [2.24, 2.45) is 11.8 Å². The summed E-state index contributed by atoms with van der Waals surface area (Å²) in [7, 11) is 0. The molecule has 4 aliphatic rings. The predicted octanol–water partition coefficient (Wildman–Crippen LogP) is 2.89. The molecular weight excluding hydrogens is 498 g/mol. The number of thioether (sulfide) groups is 1. The Balaban J connectivity index is 1.59. The molecule has 204 valence electrons. The summed E-state index contributed by atoms with van der Waals surface area (Å²) in [5, 5.41) is 10.4. The molecule has 1 N–H and O–H groups in total. The predicted molar refractivity (Wildman–Crippen MR) is 149 cm³/mol. The highest BCUT2D eigenvalue weighted by Gasteiger charge is 2.71. The molecule has 0 saturated carbocycles. The summed E-state index contributed by atoms with van der Waals surface area (Å²) in [6, 6.07) is 8.48. The molecule has 0 aliphatic carbocycles. The van der Waals surface area contributed by atoms with Gasteiger partial charge in [-0.05, 0) is 24.8 Å². The van der Waals surface area contributed by atoms with Gasteiger partial charge in [0.25, 0.3) is 0 Å². The minimum Gasteiger partial charge on any atom is -0.394 e. The van der Waals surface area contributed by atoms with Gasteiger partial charge in [0, 0.05) is 31.4 Å². The molecule has 2 fully saturated rings. The molecule has 0 radical (unpaired) electrons. The van der Waals surface area contributed by atoms with Crippen LogP contribution in [0.5, 0.6) is 0 Å². The van der Waals surface area contributed by atoms with Gasteiger partial charge in [0.05, 0.1) is 29.2 Å². The smallest absolute Gasteiger partial charge is 0.247 e. The van der Waals surface area contributed by atoms with E-state index in [4.69, 9.17) is 0 Å². The Kier molecular flexibility index (Phi) is 8.00. The Morgan fingerprint density at radius 2 is 1.71 bits per heavy atom. The highest BCUT2D eigenvalue weighted by atomic mass is 32.2. The average molecular weight is 538 g/mol. The largest absolute Gasteiger partial charge is 0.394 e. The molecule has 1 aromatic rings. The maximum atomic E-state index is 14.5. The lowest BCUT2D eigenvalue weighted by Gasteiger charge is -2.38. The molecule has 1 unspecified atom stereocenters. The summed E-state index contributed by atoms with van der Waals surface area (Å²) >= 11 is 1.61. The Morgan fingerprint density at radius 3 is 2.42 bits per heavy atom. The Hall–Kier alpha value is -2.58. The number of amides is 3. The first-order valence-electron chi connectivity index (χ1n) is 14.0. The van der Waals surface area contributed by atoms with Crippen LogP contribution in [0.4, 0.5) is 0 Å². The number of unbranched alkanes of at least 4 members (excludes halogenated alkanes) is 1. The summed E-state index contributed by atoms with van der Waals surface area (Å²) in [6.45, 7) is 6.22. The first kappa shape index (κ1) is 27.0. The average Bonchev–Trinajstić information content (AvgIpc) is 3.25. The van der Waals surface area contributed by atoms with Crippen LogP contribution in [0, 0.1) is 11.8 Å². The normalized spacial score (nSPS) is 31.2. The van der Waals surface area contributed by atoms with Crippen molar-refractivity contribution >= 4 is 29.5 Å². The van der Waals surface area contributed by atoms with Gasteiger partial charge in [-0.3, -0.25) is 14.4 Å². The van der Waals surface area contributed by atoms with Crippen LogP contribution in [0.25, 0.3) is 0 Å². The van der Waals surface area contributed by atoms with Crippen LogP contribution < -0.4 is 0 Å². The number of carbonyl (C=O) groups excluding carboxylic acids is 3. The highest BCUT2D eigenvalue weighted by molar-refractivity contribution is 8.02. The van der Waals surface area contributed by atoms with Crippen LogP contribution in [0.15, 0.2) is 54.6 Å². The van der Waals surface area contributed by atoms with Crippen molar-refractivity contribution < 1.29 is 19.5 Å². The zero-order valence-corrected chi connectivity index (χ0v) is 23.2. The highest BCUT2D eigenvalue weighted by Crippen LogP contribution is 2.61. The van der Waals surface area contributed by atoms with Gasteiger partial charge in [-0.2, -0.15) is 0 Å². The van der Waals surface area contributed by atoms with Gasteiger partial charge in [-0.15, -0.1) is 11.8 Å². The number of carbonyl (C=O) groups is 3. The molecule has 0 bridgehead atoms.